The maximum absolute atomic E-state index is 12.2. The van der Waals surface area contributed by atoms with E-state index in [0.29, 0.717) is 11.1 Å². The Bertz CT molecular complexity index is 647. The van der Waals surface area contributed by atoms with E-state index in [0.717, 1.165) is 0 Å². The molecule has 5 nitrogen and oxygen atoms in total. The van der Waals surface area contributed by atoms with Crippen molar-refractivity contribution in [2.45, 2.75) is 6.92 Å². The zero-order valence-corrected chi connectivity index (χ0v) is 12.1. The Morgan fingerprint density at radius 1 is 0.952 bits per heavy atom. The van der Waals surface area contributed by atoms with Crippen molar-refractivity contribution in [3.8, 4) is 16.9 Å². The quantitative estimate of drug-likeness (QED) is 0.809. The van der Waals surface area contributed by atoms with Crippen molar-refractivity contribution in [2.24, 2.45) is 0 Å². The number of hydrogen-bond donors (Lipinski definition) is 0. The lowest BCUT2D eigenvalue weighted by atomic mass is 10.1. The lowest BCUT2D eigenvalue weighted by Gasteiger charge is -2.05. The van der Waals surface area contributed by atoms with Crippen LogP contribution < -0.4 is 4.74 Å². The molecule has 110 valence electrons. The molecular formula is C16H16O5. The summed E-state index contributed by atoms with van der Waals surface area (Å²) in [4.78, 5) is 24.3. The van der Waals surface area contributed by atoms with E-state index in [-0.39, 0.29) is 23.5 Å². The molecule has 0 saturated carbocycles. The SMILES string of the molecule is CCOC(=O)c1c2cccccc-2c(C(=O)OC)c1OC. The molecule has 0 aromatic heterocycles. The lowest BCUT2D eigenvalue weighted by molar-refractivity contribution is 0.0524. The molecule has 0 spiro atoms. The van der Waals surface area contributed by atoms with Gasteiger partial charge in [0.05, 0.1) is 20.8 Å². The van der Waals surface area contributed by atoms with Crippen LogP contribution in [0.1, 0.15) is 27.6 Å². The Kier molecular flexibility index (Phi) is 4.42. The highest BCUT2D eigenvalue weighted by Gasteiger charge is 2.32. The summed E-state index contributed by atoms with van der Waals surface area (Å²) in [5, 5.41) is 0. The van der Waals surface area contributed by atoms with E-state index in [9.17, 15) is 9.59 Å². The maximum Gasteiger partial charge on any atom is 0.342 e. The van der Waals surface area contributed by atoms with Gasteiger partial charge in [-0.05, 0) is 6.92 Å². The van der Waals surface area contributed by atoms with Crippen molar-refractivity contribution in [2.75, 3.05) is 20.8 Å². The minimum atomic E-state index is -0.557. The van der Waals surface area contributed by atoms with Crippen LogP contribution in [0.25, 0.3) is 11.1 Å². The third-order valence-electron chi connectivity index (χ3n) is 3.10. The van der Waals surface area contributed by atoms with Gasteiger partial charge in [-0.15, -0.1) is 0 Å². The average Bonchev–Trinajstić information content (AvgIpc) is 2.62. The minimum absolute atomic E-state index is 0.182. The Morgan fingerprint density at radius 2 is 1.52 bits per heavy atom. The number of ether oxygens (including phenoxy) is 3. The van der Waals surface area contributed by atoms with Crippen LogP contribution in [0.5, 0.6) is 5.75 Å². The van der Waals surface area contributed by atoms with Crippen LogP contribution >= 0.6 is 0 Å². The van der Waals surface area contributed by atoms with E-state index in [4.69, 9.17) is 14.2 Å². The number of fused-ring (bicyclic) bond motifs is 1. The highest BCUT2D eigenvalue weighted by atomic mass is 16.5. The monoisotopic (exact) mass is 288 g/mol. The summed E-state index contributed by atoms with van der Waals surface area (Å²) in [5.41, 5.74) is 1.66. The van der Waals surface area contributed by atoms with Gasteiger partial charge >= 0.3 is 11.9 Å². The largest absolute Gasteiger partial charge is 0.495 e. The minimum Gasteiger partial charge on any atom is -0.495 e. The van der Waals surface area contributed by atoms with Crippen LogP contribution in [-0.2, 0) is 9.47 Å². The van der Waals surface area contributed by atoms with Crippen LogP contribution in [0, 0.1) is 0 Å². The topological polar surface area (TPSA) is 61.8 Å². The predicted octanol–water partition coefficient (Wildman–Crippen LogP) is 2.76. The molecular weight excluding hydrogens is 272 g/mol. The van der Waals surface area contributed by atoms with Crippen molar-refractivity contribution < 1.29 is 23.8 Å². The molecule has 0 bridgehead atoms. The third kappa shape index (κ3) is 2.54. The van der Waals surface area contributed by atoms with Crippen LogP contribution in [0.2, 0.25) is 0 Å². The van der Waals surface area contributed by atoms with Crippen molar-refractivity contribution in [1.29, 1.82) is 0 Å². The van der Waals surface area contributed by atoms with E-state index in [1.54, 1.807) is 31.2 Å². The van der Waals surface area contributed by atoms with Crippen molar-refractivity contribution >= 4 is 11.9 Å². The van der Waals surface area contributed by atoms with Crippen LogP contribution in [0.15, 0.2) is 30.3 Å². The Labute approximate surface area is 122 Å². The third-order valence-corrected chi connectivity index (χ3v) is 3.10. The summed E-state index contributed by atoms with van der Waals surface area (Å²) >= 11 is 0. The van der Waals surface area contributed by atoms with Gasteiger partial charge in [0.2, 0.25) is 0 Å². The summed E-state index contributed by atoms with van der Waals surface area (Å²) in [6, 6.07) is 8.86. The zero-order valence-electron chi connectivity index (χ0n) is 12.1. The molecule has 0 unspecified atom stereocenters. The molecule has 0 radical (unpaired) electrons. The fourth-order valence-corrected chi connectivity index (χ4v) is 2.27. The van der Waals surface area contributed by atoms with Gasteiger partial charge in [0.25, 0.3) is 0 Å². The normalized spacial score (nSPS) is 10.2. The van der Waals surface area contributed by atoms with Crippen LogP contribution in [0.4, 0.5) is 0 Å². The molecule has 0 saturated heterocycles. The highest BCUT2D eigenvalue weighted by molar-refractivity contribution is 6.12. The van der Waals surface area contributed by atoms with Gasteiger partial charge in [0.1, 0.15) is 16.9 Å². The number of esters is 2. The molecule has 2 aliphatic rings. The molecule has 0 aromatic carbocycles. The van der Waals surface area contributed by atoms with Crippen LogP contribution in [-0.4, -0.2) is 32.8 Å². The highest BCUT2D eigenvalue weighted by Crippen LogP contribution is 2.42. The standard InChI is InChI=1S/C16H16O5/c1-4-21-16(18)13-11-9-7-5-6-8-10(11)12(14(13)19-2)15(17)20-3/h5-9H,4H2,1-3H3. The number of carbonyl (C=O) groups excluding carboxylic acids is 2. The first kappa shape index (κ1) is 14.8. The number of methoxy groups -OCH3 is 2. The fraction of sp³-hybridized carbons (Fsp3) is 0.250. The molecule has 2 aliphatic carbocycles. The second-order valence-electron chi connectivity index (χ2n) is 4.23. The Morgan fingerprint density at radius 3 is 2.00 bits per heavy atom. The number of carbonyl (C=O) groups is 2. The molecule has 0 N–H and O–H groups in total. The number of rotatable bonds is 4. The first-order valence-corrected chi connectivity index (χ1v) is 6.49. The van der Waals surface area contributed by atoms with Gasteiger partial charge in [0.15, 0.2) is 0 Å². The van der Waals surface area contributed by atoms with E-state index < -0.39 is 11.9 Å². The van der Waals surface area contributed by atoms with Gasteiger partial charge < -0.3 is 14.2 Å². The van der Waals surface area contributed by atoms with Gasteiger partial charge in [-0.2, -0.15) is 0 Å². The maximum atomic E-state index is 12.2. The molecule has 2 rings (SSSR count). The molecule has 0 heterocycles. The smallest absolute Gasteiger partial charge is 0.342 e. The van der Waals surface area contributed by atoms with Gasteiger partial charge in [0, 0.05) is 11.1 Å². The molecule has 0 fully saturated rings. The van der Waals surface area contributed by atoms with E-state index in [1.165, 1.54) is 14.2 Å². The molecule has 21 heavy (non-hydrogen) atoms. The van der Waals surface area contributed by atoms with Crippen molar-refractivity contribution in [3.05, 3.63) is 41.5 Å². The first-order chi connectivity index (χ1) is 10.2. The summed E-state index contributed by atoms with van der Waals surface area (Å²) in [6.07, 6.45) is 0. The molecule has 0 atom stereocenters. The fourth-order valence-electron chi connectivity index (χ4n) is 2.27. The second kappa shape index (κ2) is 6.26. The predicted molar refractivity (Wildman–Crippen MR) is 76.9 cm³/mol. The summed E-state index contributed by atoms with van der Waals surface area (Å²) in [7, 11) is 2.69. The Balaban J connectivity index is 2.79. The first-order valence-electron chi connectivity index (χ1n) is 6.49. The summed E-state index contributed by atoms with van der Waals surface area (Å²) in [6.45, 7) is 1.96. The van der Waals surface area contributed by atoms with Gasteiger partial charge in [-0.25, -0.2) is 9.59 Å². The Hall–Kier alpha value is -2.56. The van der Waals surface area contributed by atoms with E-state index in [1.807, 2.05) is 6.07 Å². The zero-order chi connectivity index (χ0) is 15.4. The second-order valence-corrected chi connectivity index (χ2v) is 4.23. The molecule has 0 aliphatic heterocycles. The molecule has 5 heteroatoms. The summed E-state index contributed by atoms with van der Waals surface area (Å²) < 4.78 is 15.1. The van der Waals surface area contributed by atoms with Gasteiger partial charge in [-0.1, -0.05) is 30.3 Å². The van der Waals surface area contributed by atoms with E-state index in [2.05, 4.69) is 0 Å². The molecule has 0 aromatic rings. The lowest BCUT2D eigenvalue weighted by Crippen LogP contribution is -2.07. The number of hydrogen-bond acceptors (Lipinski definition) is 5. The summed E-state index contributed by atoms with van der Waals surface area (Å²) in [5.74, 6) is -0.902. The van der Waals surface area contributed by atoms with E-state index >= 15 is 0 Å². The van der Waals surface area contributed by atoms with Gasteiger partial charge in [-0.3, -0.25) is 0 Å². The van der Waals surface area contributed by atoms with Crippen molar-refractivity contribution in [3.63, 3.8) is 0 Å². The average molecular weight is 288 g/mol. The van der Waals surface area contributed by atoms with Crippen molar-refractivity contribution in [1.82, 2.24) is 0 Å². The molecule has 0 amide bonds. The van der Waals surface area contributed by atoms with Crippen LogP contribution in [0.3, 0.4) is 0 Å².